The van der Waals surface area contributed by atoms with E-state index in [9.17, 15) is 4.79 Å². The van der Waals surface area contributed by atoms with Gasteiger partial charge in [0.15, 0.2) is 5.96 Å². The summed E-state index contributed by atoms with van der Waals surface area (Å²) in [5, 5.41) is 9.53. The second-order valence-corrected chi connectivity index (χ2v) is 6.76. The summed E-state index contributed by atoms with van der Waals surface area (Å²) in [6.07, 6.45) is 5.42. The molecule has 1 rings (SSSR count). The van der Waals surface area contributed by atoms with Crippen LogP contribution in [-0.4, -0.2) is 43.5 Å². The Bertz CT molecular complexity index is 540. The van der Waals surface area contributed by atoms with Crippen molar-refractivity contribution in [3.05, 3.63) is 35.4 Å². The van der Waals surface area contributed by atoms with Crippen LogP contribution in [0.25, 0.3) is 0 Å². The molecule has 0 aromatic heterocycles. The van der Waals surface area contributed by atoms with Crippen molar-refractivity contribution in [1.29, 1.82) is 0 Å². The van der Waals surface area contributed by atoms with Crippen LogP contribution in [0.2, 0.25) is 0 Å². The van der Waals surface area contributed by atoms with Crippen LogP contribution < -0.4 is 16.0 Å². The molecule has 0 saturated carbocycles. The zero-order valence-corrected chi connectivity index (χ0v) is 19.3. The van der Waals surface area contributed by atoms with Crippen LogP contribution >= 0.6 is 35.7 Å². The van der Waals surface area contributed by atoms with Crippen LogP contribution in [0.3, 0.4) is 0 Å². The van der Waals surface area contributed by atoms with E-state index in [0.29, 0.717) is 18.7 Å². The van der Waals surface area contributed by atoms with E-state index in [4.69, 9.17) is 0 Å². The van der Waals surface area contributed by atoms with Gasteiger partial charge in [0.05, 0.1) is 6.54 Å². The second-order valence-electron chi connectivity index (χ2n) is 5.78. The molecule has 0 spiro atoms. The molecular formula is C19H33IN4OS. The summed E-state index contributed by atoms with van der Waals surface area (Å²) >= 11 is 1.88. The predicted octanol–water partition coefficient (Wildman–Crippen LogP) is 3.64. The lowest BCUT2D eigenvalue weighted by molar-refractivity contribution is 0.0953. The van der Waals surface area contributed by atoms with Crippen molar-refractivity contribution in [2.45, 2.75) is 39.7 Å². The Morgan fingerprint density at radius 1 is 1.12 bits per heavy atom. The monoisotopic (exact) mass is 492 g/mol. The molecule has 1 aromatic carbocycles. The van der Waals surface area contributed by atoms with Crippen molar-refractivity contribution >= 4 is 47.6 Å². The molecular weight excluding hydrogens is 459 g/mol. The molecule has 0 aliphatic heterocycles. The third kappa shape index (κ3) is 10.9. The molecule has 0 radical (unpaired) electrons. The third-order valence-electron chi connectivity index (χ3n) is 3.56. The number of nitrogens with one attached hydrogen (secondary N) is 3. The molecule has 0 fully saturated rings. The van der Waals surface area contributed by atoms with E-state index in [2.05, 4.69) is 34.1 Å². The normalized spacial score (nSPS) is 10.8. The van der Waals surface area contributed by atoms with E-state index in [1.54, 1.807) is 0 Å². The highest BCUT2D eigenvalue weighted by atomic mass is 127. The number of unbranched alkanes of at least 4 members (excludes halogenated alkanes) is 1. The molecule has 5 nitrogen and oxygen atoms in total. The molecule has 0 atom stereocenters. The first kappa shape index (κ1) is 25.0. The van der Waals surface area contributed by atoms with E-state index in [1.807, 2.05) is 43.0 Å². The topological polar surface area (TPSA) is 65.5 Å². The minimum Gasteiger partial charge on any atom is -0.357 e. The number of nitrogens with zero attached hydrogens (tertiary/aromatic N) is 1. The van der Waals surface area contributed by atoms with E-state index in [1.165, 1.54) is 12.2 Å². The number of hydrogen-bond acceptors (Lipinski definition) is 3. The van der Waals surface area contributed by atoms with Gasteiger partial charge in [0.1, 0.15) is 0 Å². The SMILES string of the molecule is CCCNC(=O)c1cccc(CN=C(NCC)NCCCCSC)c1.I. The summed E-state index contributed by atoms with van der Waals surface area (Å²) in [5.74, 6) is 2.00. The first-order valence-corrected chi connectivity index (χ1v) is 10.5. The fraction of sp³-hybridized carbons (Fsp3) is 0.579. The van der Waals surface area contributed by atoms with Crippen molar-refractivity contribution in [3.8, 4) is 0 Å². The Kier molecular flexibility index (Phi) is 15.6. The van der Waals surface area contributed by atoms with Crippen LogP contribution in [0, 0.1) is 0 Å². The molecule has 0 heterocycles. The summed E-state index contributed by atoms with van der Waals surface area (Å²) in [5.41, 5.74) is 1.72. The van der Waals surface area contributed by atoms with E-state index < -0.39 is 0 Å². The van der Waals surface area contributed by atoms with Crippen molar-refractivity contribution in [2.24, 2.45) is 4.99 Å². The average molecular weight is 492 g/mol. The number of amides is 1. The Morgan fingerprint density at radius 3 is 2.62 bits per heavy atom. The molecule has 26 heavy (non-hydrogen) atoms. The van der Waals surface area contributed by atoms with Gasteiger partial charge in [-0.15, -0.1) is 24.0 Å². The summed E-state index contributed by atoms with van der Waals surface area (Å²) in [6.45, 7) is 7.11. The predicted molar refractivity (Wildman–Crippen MR) is 125 cm³/mol. The zero-order chi connectivity index (χ0) is 18.3. The summed E-state index contributed by atoms with van der Waals surface area (Å²) < 4.78 is 0. The summed E-state index contributed by atoms with van der Waals surface area (Å²) in [4.78, 5) is 16.7. The average Bonchev–Trinajstić information content (AvgIpc) is 2.64. The van der Waals surface area contributed by atoms with Crippen LogP contribution in [0.5, 0.6) is 0 Å². The maximum atomic E-state index is 12.1. The number of carbonyl (C=O) groups is 1. The maximum absolute atomic E-state index is 12.1. The number of thioether (sulfide) groups is 1. The van der Waals surface area contributed by atoms with Crippen LogP contribution in [0.15, 0.2) is 29.3 Å². The molecule has 148 valence electrons. The smallest absolute Gasteiger partial charge is 0.251 e. The van der Waals surface area contributed by atoms with Crippen LogP contribution in [0.1, 0.15) is 49.0 Å². The van der Waals surface area contributed by atoms with Gasteiger partial charge in [0, 0.05) is 25.2 Å². The van der Waals surface area contributed by atoms with Gasteiger partial charge in [-0.05, 0) is 55.9 Å². The molecule has 0 unspecified atom stereocenters. The van der Waals surface area contributed by atoms with Crippen molar-refractivity contribution < 1.29 is 4.79 Å². The lowest BCUT2D eigenvalue weighted by Crippen LogP contribution is -2.37. The first-order valence-electron chi connectivity index (χ1n) is 9.09. The maximum Gasteiger partial charge on any atom is 0.251 e. The van der Waals surface area contributed by atoms with Crippen molar-refractivity contribution in [2.75, 3.05) is 31.6 Å². The van der Waals surface area contributed by atoms with Gasteiger partial charge in [-0.25, -0.2) is 4.99 Å². The second kappa shape index (κ2) is 16.2. The zero-order valence-electron chi connectivity index (χ0n) is 16.1. The molecule has 0 saturated heterocycles. The lowest BCUT2D eigenvalue weighted by atomic mass is 10.1. The highest BCUT2D eigenvalue weighted by Crippen LogP contribution is 2.07. The fourth-order valence-electron chi connectivity index (χ4n) is 2.24. The quantitative estimate of drug-likeness (QED) is 0.191. The number of hydrogen-bond donors (Lipinski definition) is 3. The Balaban J connectivity index is 0.00000625. The molecule has 3 N–H and O–H groups in total. The minimum atomic E-state index is -0.0218. The number of rotatable bonds is 11. The van der Waals surface area contributed by atoms with E-state index >= 15 is 0 Å². The van der Waals surface area contributed by atoms with Gasteiger partial charge in [-0.3, -0.25) is 4.79 Å². The lowest BCUT2D eigenvalue weighted by Gasteiger charge is -2.11. The fourth-order valence-corrected chi connectivity index (χ4v) is 2.73. The number of aliphatic imine (C=N–C) groups is 1. The van der Waals surface area contributed by atoms with E-state index in [-0.39, 0.29) is 29.9 Å². The largest absolute Gasteiger partial charge is 0.357 e. The van der Waals surface area contributed by atoms with Gasteiger partial charge >= 0.3 is 0 Å². The van der Waals surface area contributed by atoms with Gasteiger partial charge in [0.25, 0.3) is 5.91 Å². The summed E-state index contributed by atoms with van der Waals surface area (Å²) in [7, 11) is 0. The Labute approximate surface area is 179 Å². The Morgan fingerprint density at radius 2 is 1.92 bits per heavy atom. The number of halogens is 1. The highest BCUT2D eigenvalue weighted by molar-refractivity contribution is 14.0. The minimum absolute atomic E-state index is 0. The molecule has 7 heteroatoms. The van der Waals surface area contributed by atoms with Gasteiger partial charge in [-0.1, -0.05) is 19.1 Å². The molecule has 0 aliphatic carbocycles. The number of benzene rings is 1. The van der Waals surface area contributed by atoms with Crippen molar-refractivity contribution in [3.63, 3.8) is 0 Å². The number of carbonyl (C=O) groups excluding carboxylic acids is 1. The molecule has 1 amide bonds. The number of guanidine groups is 1. The molecule has 1 aromatic rings. The van der Waals surface area contributed by atoms with Gasteiger partial charge in [0.2, 0.25) is 0 Å². The molecule has 0 bridgehead atoms. The third-order valence-corrected chi connectivity index (χ3v) is 4.25. The Hall–Kier alpha value is -0.960. The van der Waals surface area contributed by atoms with Crippen molar-refractivity contribution in [1.82, 2.24) is 16.0 Å². The van der Waals surface area contributed by atoms with E-state index in [0.717, 1.165) is 37.5 Å². The standard InChI is InChI=1S/C19H32N4OS.HI/c1-4-11-21-18(24)17-10-8-9-16(14-17)15-23-19(20-5-2)22-12-6-7-13-25-3;/h8-10,14H,4-7,11-13,15H2,1-3H3,(H,21,24)(H2,20,22,23);1H. The summed E-state index contributed by atoms with van der Waals surface area (Å²) in [6, 6.07) is 7.67. The highest BCUT2D eigenvalue weighted by Gasteiger charge is 2.05. The first-order chi connectivity index (χ1) is 12.2. The molecule has 0 aliphatic rings. The van der Waals surface area contributed by atoms with Gasteiger partial charge in [-0.2, -0.15) is 11.8 Å². The van der Waals surface area contributed by atoms with Crippen LogP contribution in [0.4, 0.5) is 0 Å². The van der Waals surface area contributed by atoms with Crippen LogP contribution in [-0.2, 0) is 6.54 Å². The van der Waals surface area contributed by atoms with Gasteiger partial charge < -0.3 is 16.0 Å².